The maximum atomic E-state index is 14.0. The Kier molecular flexibility index (Phi) is 7.11. The SMILES string of the molecule is CN(C)C1(c2ccccc2)CCC2(CC1)CN(c1ccc(C(=O)NCC3(O)CCC3)nc1)C(=O)N2CC1(O)CCC1. The van der Waals surface area contributed by atoms with E-state index in [-0.39, 0.29) is 35.3 Å². The Labute approximate surface area is 242 Å². The summed E-state index contributed by atoms with van der Waals surface area (Å²) in [5, 5.41) is 24.2. The molecule has 0 atom stereocenters. The number of nitrogens with zero attached hydrogens (tertiary/aromatic N) is 4. The summed E-state index contributed by atoms with van der Waals surface area (Å²) in [5.41, 5.74) is 0.0985. The lowest BCUT2D eigenvalue weighted by molar-refractivity contribution is -0.0725. The number of pyridine rings is 1. The highest BCUT2D eigenvalue weighted by Crippen LogP contribution is 2.50. The molecular formula is C32H43N5O4. The molecule has 2 aromatic rings. The Bertz CT molecular complexity index is 1260. The predicted molar refractivity (Wildman–Crippen MR) is 157 cm³/mol. The van der Waals surface area contributed by atoms with Gasteiger partial charge in [0.05, 0.1) is 41.7 Å². The van der Waals surface area contributed by atoms with Gasteiger partial charge in [0.1, 0.15) is 5.69 Å². The molecule has 4 aliphatic rings. The third-order valence-corrected chi connectivity index (χ3v) is 10.6. The van der Waals surface area contributed by atoms with Crippen molar-refractivity contribution in [2.75, 3.05) is 38.6 Å². The van der Waals surface area contributed by atoms with Gasteiger partial charge in [-0.15, -0.1) is 0 Å². The first-order chi connectivity index (χ1) is 19.6. The summed E-state index contributed by atoms with van der Waals surface area (Å²) >= 11 is 0. The third kappa shape index (κ3) is 5.02. The third-order valence-electron chi connectivity index (χ3n) is 10.6. The van der Waals surface area contributed by atoms with Crippen LogP contribution < -0.4 is 10.2 Å². The lowest BCUT2D eigenvalue weighted by Crippen LogP contribution is -2.59. The molecule has 4 fully saturated rings. The smallest absolute Gasteiger partial charge is 0.325 e. The fourth-order valence-corrected chi connectivity index (χ4v) is 7.35. The minimum absolute atomic E-state index is 0.103. The summed E-state index contributed by atoms with van der Waals surface area (Å²) in [5.74, 6) is -0.330. The molecule has 0 radical (unpaired) electrons. The van der Waals surface area contributed by atoms with Crippen LogP contribution >= 0.6 is 0 Å². The van der Waals surface area contributed by atoms with Gasteiger partial charge in [-0.2, -0.15) is 0 Å². The summed E-state index contributed by atoms with van der Waals surface area (Å²) in [6, 6.07) is 14.0. The van der Waals surface area contributed by atoms with Gasteiger partial charge in [0.2, 0.25) is 0 Å². The average Bonchev–Trinajstić information content (AvgIpc) is 3.21. The number of nitrogens with one attached hydrogen (secondary N) is 1. The molecule has 2 heterocycles. The number of rotatable bonds is 8. The summed E-state index contributed by atoms with van der Waals surface area (Å²) in [6.45, 7) is 1.09. The van der Waals surface area contributed by atoms with E-state index < -0.39 is 11.2 Å². The van der Waals surface area contributed by atoms with Gasteiger partial charge in [-0.25, -0.2) is 9.78 Å². The van der Waals surface area contributed by atoms with Gasteiger partial charge in [-0.05, 0) is 96.0 Å². The Hall–Kier alpha value is -3.01. The van der Waals surface area contributed by atoms with Crippen molar-refractivity contribution in [1.82, 2.24) is 20.1 Å². The molecule has 9 nitrogen and oxygen atoms in total. The number of aliphatic hydroxyl groups is 2. The maximum Gasteiger partial charge on any atom is 0.325 e. The molecule has 3 aliphatic carbocycles. The van der Waals surface area contributed by atoms with E-state index >= 15 is 0 Å². The van der Waals surface area contributed by atoms with Crippen molar-refractivity contribution in [3.05, 3.63) is 59.9 Å². The molecule has 1 aromatic carbocycles. The monoisotopic (exact) mass is 561 g/mol. The van der Waals surface area contributed by atoms with E-state index in [4.69, 9.17) is 0 Å². The number of amides is 3. The lowest BCUT2D eigenvalue weighted by Gasteiger charge is -2.52. The van der Waals surface area contributed by atoms with Crippen molar-refractivity contribution in [1.29, 1.82) is 0 Å². The molecule has 3 amide bonds. The van der Waals surface area contributed by atoms with Crippen molar-refractivity contribution in [3.63, 3.8) is 0 Å². The first-order valence-corrected chi connectivity index (χ1v) is 15.1. The van der Waals surface area contributed by atoms with Crippen LogP contribution in [0.5, 0.6) is 0 Å². The molecule has 41 heavy (non-hydrogen) atoms. The molecule has 3 saturated carbocycles. The molecule has 1 aliphatic heterocycles. The van der Waals surface area contributed by atoms with Crippen molar-refractivity contribution in [2.45, 2.75) is 86.5 Å². The first kappa shape index (κ1) is 28.1. The quantitative estimate of drug-likeness (QED) is 0.454. The molecule has 3 N–H and O–H groups in total. The van der Waals surface area contributed by atoms with Gasteiger partial charge in [-0.1, -0.05) is 30.3 Å². The number of urea groups is 1. The number of aromatic nitrogens is 1. The topological polar surface area (TPSA) is 109 Å². The minimum Gasteiger partial charge on any atom is -0.388 e. The molecule has 1 spiro atoms. The van der Waals surface area contributed by atoms with Gasteiger partial charge in [0.25, 0.3) is 5.91 Å². The lowest BCUT2D eigenvalue weighted by atomic mass is 9.67. The van der Waals surface area contributed by atoms with Crippen LogP contribution in [0.4, 0.5) is 10.5 Å². The fourth-order valence-electron chi connectivity index (χ4n) is 7.35. The summed E-state index contributed by atoms with van der Waals surface area (Å²) in [6.07, 6.45) is 9.86. The highest BCUT2D eigenvalue weighted by molar-refractivity contribution is 5.96. The minimum atomic E-state index is -0.821. The normalized spacial score (nSPS) is 28.5. The number of hydrogen-bond donors (Lipinski definition) is 3. The maximum absolute atomic E-state index is 14.0. The van der Waals surface area contributed by atoms with Gasteiger partial charge < -0.3 is 20.4 Å². The van der Waals surface area contributed by atoms with Crippen LogP contribution in [-0.2, 0) is 5.54 Å². The van der Waals surface area contributed by atoms with E-state index in [0.29, 0.717) is 31.6 Å². The number of carbonyl (C=O) groups is 2. The van der Waals surface area contributed by atoms with E-state index in [1.807, 2.05) is 11.0 Å². The summed E-state index contributed by atoms with van der Waals surface area (Å²) < 4.78 is 0. The molecular weight excluding hydrogens is 518 g/mol. The van der Waals surface area contributed by atoms with E-state index in [9.17, 15) is 19.8 Å². The van der Waals surface area contributed by atoms with Crippen LogP contribution in [-0.4, -0.2) is 87.4 Å². The second kappa shape index (κ2) is 10.4. The Balaban J connectivity index is 1.22. The molecule has 220 valence electrons. The molecule has 0 bridgehead atoms. The number of benzene rings is 1. The average molecular weight is 562 g/mol. The van der Waals surface area contributed by atoms with Gasteiger partial charge in [-0.3, -0.25) is 14.6 Å². The zero-order valence-electron chi connectivity index (χ0n) is 24.3. The Morgan fingerprint density at radius 3 is 2.12 bits per heavy atom. The number of β-amino-alcohol motifs (C(OH)–C–C–N with tert-alkyl or cyclic N) is 1. The number of hydrogen-bond acceptors (Lipinski definition) is 6. The van der Waals surface area contributed by atoms with Crippen LogP contribution in [0.1, 0.15) is 80.3 Å². The zero-order valence-corrected chi connectivity index (χ0v) is 24.3. The van der Waals surface area contributed by atoms with Gasteiger partial charge >= 0.3 is 6.03 Å². The van der Waals surface area contributed by atoms with Crippen molar-refractivity contribution < 1.29 is 19.8 Å². The predicted octanol–water partition coefficient (Wildman–Crippen LogP) is 3.65. The Morgan fingerprint density at radius 2 is 1.59 bits per heavy atom. The van der Waals surface area contributed by atoms with Gasteiger partial charge in [0, 0.05) is 12.1 Å². The van der Waals surface area contributed by atoms with Crippen LogP contribution in [0.2, 0.25) is 0 Å². The van der Waals surface area contributed by atoms with Crippen LogP contribution in [0.15, 0.2) is 48.7 Å². The number of carbonyl (C=O) groups excluding carboxylic acids is 2. The molecule has 6 rings (SSSR count). The molecule has 9 heteroatoms. The van der Waals surface area contributed by atoms with Crippen LogP contribution in [0.3, 0.4) is 0 Å². The second-order valence-corrected chi connectivity index (χ2v) is 13.2. The van der Waals surface area contributed by atoms with Gasteiger partial charge in [0.15, 0.2) is 0 Å². The highest BCUT2D eigenvalue weighted by Gasteiger charge is 2.56. The zero-order chi connectivity index (χ0) is 28.9. The highest BCUT2D eigenvalue weighted by atomic mass is 16.3. The van der Waals surface area contributed by atoms with Crippen LogP contribution in [0, 0.1) is 0 Å². The first-order valence-electron chi connectivity index (χ1n) is 15.1. The van der Waals surface area contributed by atoms with Crippen molar-refractivity contribution in [2.24, 2.45) is 0 Å². The van der Waals surface area contributed by atoms with E-state index in [1.165, 1.54) is 5.56 Å². The van der Waals surface area contributed by atoms with Crippen molar-refractivity contribution >= 4 is 17.6 Å². The van der Waals surface area contributed by atoms with Crippen molar-refractivity contribution in [3.8, 4) is 0 Å². The molecule has 1 saturated heterocycles. The van der Waals surface area contributed by atoms with Crippen LogP contribution in [0.25, 0.3) is 0 Å². The molecule has 1 aromatic heterocycles. The standard InChI is InChI=1S/C32H43N5O4/c1-35(2)32(24-8-4-3-5-9-24)18-16-29(17-19-32)22-36(28(39)37(29)23-31(41)14-7-15-31)25-10-11-26(33-20-25)27(38)34-21-30(40)12-6-13-30/h3-5,8-11,20,40-41H,6-7,12-19,21-23H2,1-2H3,(H,34,38). The molecule has 0 unspecified atom stereocenters. The van der Waals surface area contributed by atoms with E-state index in [1.54, 1.807) is 23.2 Å². The van der Waals surface area contributed by atoms with E-state index in [0.717, 1.165) is 51.4 Å². The largest absolute Gasteiger partial charge is 0.388 e. The summed E-state index contributed by atoms with van der Waals surface area (Å²) in [4.78, 5) is 37.1. The van der Waals surface area contributed by atoms with E-state index in [2.05, 4.69) is 53.6 Å². The second-order valence-electron chi connectivity index (χ2n) is 13.2. The number of anilines is 1. The fraction of sp³-hybridized carbons (Fsp3) is 0.594. The summed E-state index contributed by atoms with van der Waals surface area (Å²) in [7, 11) is 4.28. The Morgan fingerprint density at radius 1 is 0.927 bits per heavy atom.